The minimum atomic E-state index is -0.985. The maximum atomic E-state index is 13.2. The van der Waals surface area contributed by atoms with E-state index in [0.29, 0.717) is 5.75 Å². The van der Waals surface area contributed by atoms with Crippen molar-refractivity contribution in [2.75, 3.05) is 5.75 Å². The van der Waals surface area contributed by atoms with Crippen LogP contribution in [0.2, 0.25) is 0 Å². The van der Waals surface area contributed by atoms with Gasteiger partial charge in [0.25, 0.3) is 5.91 Å². The molecule has 0 bridgehead atoms. The summed E-state index contributed by atoms with van der Waals surface area (Å²) >= 11 is 1.64. The lowest BCUT2D eigenvalue weighted by Gasteiger charge is -2.41. The molecule has 2 saturated heterocycles. The van der Waals surface area contributed by atoms with Gasteiger partial charge in [-0.25, -0.2) is 9.78 Å². The summed E-state index contributed by atoms with van der Waals surface area (Å²) in [6, 6.07) is 31.8. The van der Waals surface area contributed by atoms with Gasteiger partial charge in [-0.3, -0.25) is 14.5 Å². The lowest BCUT2D eigenvalue weighted by Crippen LogP contribution is -2.41. The number of thioether (sulfide) groups is 1. The number of alkyl carbamates (subject to hydrolysis) is 1. The molecule has 3 amide bonds. The fourth-order valence-electron chi connectivity index (χ4n) is 6.72. The molecule has 0 aliphatic carbocycles. The maximum absolute atomic E-state index is 13.2. The Labute approximate surface area is 318 Å². The van der Waals surface area contributed by atoms with Gasteiger partial charge in [0.05, 0.1) is 31.8 Å². The molecule has 2 fully saturated rings. The third kappa shape index (κ3) is 8.58. The van der Waals surface area contributed by atoms with Crippen LogP contribution in [0.15, 0.2) is 121 Å². The van der Waals surface area contributed by atoms with Crippen molar-refractivity contribution in [1.29, 1.82) is 0 Å². The quantitative estimate of drug-likeness (QED) is 0.106. The van der Waals surface area contributed by atoms with E-state index in [1.54, 1.807) is 18.0 Å². The van der Waals surface area contributed by atoms with E-state index in [1.807, 2.05) is 121 Å². The molecule has 3 heterocycles. The number of likely N-dealkylation sites (tertiary alicyclic amines) is 1. The molecule has 2 aliphatic heterocycles. The SMILES string of the molecule is C[C@@H]1[C@H](CSc2nccn2C)O[C@H](c2cccc(-c3cccc(CN4C(=O)CC(NC(=O)OCc5ccccc5)C4=O)c3)c2)O[C@@H]1c1ccc(CO)cc1. The molecule has 2 N–H and O–H groups in total. The minimum Gasteiger partial charge on any atom is -0.445 e. The monoisotopic (exact) mass is 746 g/mol. The lowest BCUT2D eigenvalue weighted by molar-refractivity contribution is -0.268. The van der Waals surface area contributed by atoms with Crippen molar-refractivity contribution < 1.29 is 33.7 Å². The highest BCUT2D eigenvalue weighted by Crippen LogP contribution is 2.43. The summed E-state index contributed by atoms with van der Waals surface area (Å²) in [6.07, 6.45) is 1.77. The van der Waals surface area contributed by atoms with Crippen molar-refractivity contribution >= 4 is 29.7 Å². The van der Waals surface area contributed by atoms with E-state index in [0.717, 1.165) is 44.1 Å². The van der Waals surface area contributed by atoms with Crippen LogP contribution in [-0.2, 0) is 50.6 Å². The first-order valence-electron chi connectivity index (χ1n) is 17.9. The highest BCUT2D eigenvalue weighted by molar-refractivity contribution is 7.99. The Kier molecular flexibility index (Phi) is 11.5. The molecule has 0 saturated carbocycles. The van der Waals surface area contributed by atoms with Gasteiger partial charge in [-0.1, -0.05) is 110 Å². The number of aliphatic hydroxyl groups is 1. The van der Waals surface area contributed by atoms with Crippen molar-refractivity contribution in [3.63, 3.8) is 0 Å². The maximum Gasteiger partial charge on any atom is 0.408 e. The summed E-state index contributed by atoms with van der Waals surface area (Å²) in [5, 5.41) is 13.1. The summed E-state index contributed by atoms with van der Waals surface area (Å²) in [5.41, 5.74) is 6.10. The van der Waals surface area contributed by atoms with Crippen molar-refractivity contribution in [2.45, 2.75) is 62.8 Å². The average Bonchev–Trinajstić information content (AvgIpc) is 3.73. The number of aryl methyl sites for hydroxylation is 1. The predicted octanol–water partition coefficient (Wildman–Crippen LogP) is 6.72. The molecule has 2 aliphatic rings. The molecule has 11 nitrogen and oxygen atoms in total. The standard InChI is InChI=1S/C42H42N4O7S/c1-27-36(26-54-41-43-18-19-45(41)2)52-40(53-38(27)31-16-14-28(24-47)15-17-31)34-13-7-12-33(21-34)32-11-6-10-30(20-32)23-46-37(48)22-35(39(46)49)44-42(50)51-25-29-8-4-3-5-9-29/h3-21,27,35-36,38,40,47H,22-26H2,1-2H3,(H,44,50)/t27-,35?,36+,38+,40+/m1/s1. The Morgan fingerprint density at radius 2 is 1.65 bits per heavy atom. The number of hydrogen-bond donors (Lipinski definition) is 2. The van der Waals surface area contributed by atoms with E-state index < -0.39 is 24.3 Å². The number of amides is 3. The first kappa shape index (κ1) is 37.1. The number of hydrogen-bond acceptors (Lipinski definition) is 9. The van der Waals surface area contributed by atoms with Crippen molar-refractivity contribution in [2.24, 2.45) is 13.0 Å². The van der Waals surface area contributed by atoms with Crippen LogP contribution in [0.4, 0.5) is 4.79 Å². The van der Waals surface area contributed by atoms with E-state index >= 15 is 0 Å². The zero-order valence-corrected chi connectivity index (χ0v) is 30.9. The Morgan fingerprint density at radius 1 is 0.907 bits per heavy atom. The zero-order valence-electron chi connectivity index (χ0n) is 30.0. The number of benzene rings is 4. The second-order valence-corrected chi connectivity index (χ2v) is 14.5. The van der Waals surface area contributed by atoms with Gasteiger partial charge in [-0.15, -0.1) is 0 Å². The van der Waals surface area contributed by atoms with E-state index in [9.17, 15) is 19.5 Å². The second-order valence-electron chi connectivity index (χ2n) is 13.6. The van der Waals surface area contributed by atoms with Crippen LogP contribution in [0.1, 0.15) is 53.6 Å². The fraction of sp³-hybridized carbons (Fsp3) is 0.286. The molecule has 7 rings (SSSR count). The van der Waals surface area contributed by atoms with Crippen LogP contribution in [0.25, 0.3) is 11.1 Å². The van der Waals surface area contributed by atoms with Gasteiger partial charge < -0.3 is 29.2 Å². The molecule has 0 spiro atoms. The van der Waals surface area contributed by atoms with Crippen LogP contribution in [0.3, 0.4) is 0 Å². The smallest absolute Gasteiger partial charge is 0.408 e. The van der Waals surface area contributed by atoms with Gasteiger partial charge in [-0.05, 0) is 45.5 Å². The van der Waals surface area contributed by atoms with Crippen LogP contribution in [0.5, 0.6) is 0 Å². The first-order chi connectivity index (χ1) is 26.2. The molecule has 1 aromatic heterocycles. The number of carbonyl (C=O) groups excluding carboxylic acids is 3. The number of aromatic nitrogens is 2. The highest BCUT2D eigenvalue weighted by atomic mass is 32.2. The van der Waals surface area contributed by atoms with Crippen molar-refractivity contribution in [3.8, 4) is 11.1 Å². The van der Waals surface area contributed by atoms with Gasteiger partial charge in [0.2, 0.25) is 5.91 Å². The largest absolute Gasteiger partial charge is 0.445 e. The predicted molar refractivity (Wildman–Crippen MR) is 203 cm³/mol. The molecule has 12 heteroatoms. The molecule has 1 unspecified atom stereocenters. The number of nitrogens with one attached hydrogen (secondary N) is 1. The number of carbonyl (C=O) groups is 3. The number of imide groups is 1. The molecule has 4 aromatic carbocycles. The van der Waals surface area contributed by atoms with Crippen LogP contribution >= 0.6 is 11.8 Å². The van der Waals surface area contributed by atoms with Gasteiger partial charge in [0.1, 0.15) is 12.6 Å². The van der Waals surface area contributed by atoms with Gasteiger partial charge in [-0.2, -0.15) is 0 Å². The normalized spacial score (nSPS) is 21.3. The summed E-state index contributed by atoms with van der Waals surface area (Å²) in [7, 11) is 1.97. The average molecular weight is 747 g/mol. The second kappa shape index (κ2) is 16.8. The fourth-order valence-corrected chi connectivity index (χ4v) is 7.82. The number of nitrogens with zero attached hydrogens (tertiary/aromatic N) is 3. The molecule has 54 heavy (non-hydrogen) atoms. The molecule has 5 atom stereocenters. The number of ether oxygens (including phenoxy) is 3. The topological polar surface area (TPSA) is 132 Å². The van der Waals surface area contributed by atoms with Crippen molar-refractivity contribution in [1.82, 2.24) is 19.8 Å². The van der Waals surface area contributed by atoms with Crippen molar-refractivity contribution in [3.05, 3.63) is 143 Å². The zero-order chi connectivity index (χ0) is 37.6. The lowest BCUT2D eigenvalue weighted by atomic mass is 9.91. The summed E-state index contributed by atoms with van der Waals surface area (Å²) < 4.78 is 20.6. The Morgan fingerprint density at radius 3 is 2.39 bits per heavy atom. The van der Waals surface area contributed by atoms with Crippen LogP contribution < -0.4 is 5.32 Å². The summed E-state index contributed by atoms with van der Waals surface area (Å²) in [6.45, 7) is 2.24. The Balaban J connectivity index is 1.05. The molecular formula is C42H42N4O7S. The van der Waals surface area contributed by atoms with Crippen LogP contribution in [-0.4, -0.2) is 55.4 Å². The van der Waals surface area contributed by atoms with Gasteiger partial charge >= 0.3 is 6.09 Å². The molecule has 278 valence electrons. The van der Waals surface area contributed by atoms with Crippen LogP contribution in [0, 0.1) is 5.92 Å². The van der Waals surface area contributed by atoms with E-state index in [4.69, 9.17) is 14.2 Å². The summed E-state index contributed by atoms with van der Waals surface area (Å²) in [4.78, 5) is 44.3. The Bertz CT molecular complexity index is 2090. The van der Waals surface area contributed by atoms with E-state index in [2.05, 4.69) is 17.2 Å². The molecule has 5 aromatic rings. The third-order valence-corrected chi connectivity index (χ3v) is 10.9. The van der Waals surface area contributed by atoms with Gasteiger partial charge in [0, 0.05) is 36.7 Å². The van der Waals surface area contributed by atoms with E-state index in [1.165, 1.54) is 4.90 Å². The Hall–Kier alpha value is -5.27. The highest BCUT2D eigenvalue weighted by Gasteiger charge is 2.40. The summed E-state index contributed by atoms with van der Waals surface area (Å²) in [5.74, 6) is -0.128. The third-order valence-electron chi connectivity index (χ3n) is 9.79. The van der Waals surface area contributed by atoms with E-state index in [-0.39, 0.29) is 50.2 Å². The molecular weight excluding hydrogens is 705 g/mol. The minimum absolute atomic E-state index is 0.0274. The first-order valence-corrected chi connectivity index (χ1v) is 18.9. The molecule has 0 radical (unpaired) electrons. The van der Waals surface area contributed by atoms with Gasteiger partial charge in [0.15, 0.2) is 11.4 Å². The number of imidazole rings is 1. The number of rotatable bonds is 12. The number of aliphatic hydroxyl groups excluding tert-OH is 1.